The summed E-state index contributed by atoms with van der Waals surface area (Å²) in [6.45, 7) is 3.34. The lowest BCUT2D eigenvalue weighted by atomic mass is 10.2. The van der Waals surface area contributed by atoms with Gasteiger partial charge in [-0.05, 0) is 42.5 Å². The van der Waals surface area contributed by atoms with E-state index in [1.54, 1.807) is 23.3 Å². The zero-order chi connectivity index (χ0) is 31.1. The van der Waals surface area contributed by atoms with Crippen LogP contribution in [0.15, 0.2) is 65.3 Å². The topological polar surface area (TPSA) is 92.7 Å². The third-order valence-corrected chi connectivity index (χ3v) is 8.37. The van der Waals surface area contributed by atoms with Crippen LogP contribution in [0, 0.1) is 0 Å². The molecule has 11 heteroatoms. The number of likely N-dealkylation sites (N-methyl/N-ethyl adjacent to an activating group) is 2. The Balaban J connectivity index is 1.16. The van der Waals surface area contributed by atoms with Gasteiger partial charge in [0.25, 0.3) is 5.91 Å². The molecule has 0 radical (unpaired) electrons. The van der Waals surface area contributed by atoms with Gasteiger partial charge in [-0.1, -0.05) is 49.2 Å². The van der Waals surface area contributed by atoms with E-state index in [0.717, 1.165) is 64.4 Å². The lowest BCUT2D eigenvalue weighted by Crippen LogP contribution is -2.31. The van der Waals surface area contributed by atoms with E-state index in [-0.39, 0.29) is 12.5 Å². The van der Waals surface area contributed by atoms with Crippen molar-refractivity contribution in [3.8, 4) is 0 Å². The van der Waals surface area contributed by atoms with E-state index in [1.807, 2.05) is 54.4 Å². The molecule has 1 aliphatic heterocycles. The van der Waals surface area contributed by atoms with Crippen molar-refractivity contribution in [1.29, 1.82) is 0 Å². The van der Waals surface area contributed by atoms with Crippen LogP contribution < -0.4 is 10.2 Å². The number of aliphatic imine (C=N–C) groups is 1. The Bertz CT molecular complexity index is 1430. The Hall–Kier alpha value is -3.44. The van der Waals surface area contributed by atoms with Crippen LogP contribution in [0.1, 0.15) is 36.1 Å². The minimum atomic E-state index is -0.466. The average molecular weight is 641 g/mol. The maximum absolute atomic E-state index is 12.9. The molecule has 2 heterocycles. The van der Waals surface area contributed by atoms with Crippen LogP contribution in [0.25, 0.3) is 16.2 Å². The zero-order valence-electron chi connectivity index (χ0n) is 25.4. The van der Waals surface area contributed by atoms with Crippen LogP contribution in [0.3, 0.4) is 0 Å². The first kappa shape index (κ1) is 33.5. The van der Waals surface area contributed by atoms with Gasteiger partial charge in [0.15, 0.2) is 0 Å². The van der Waals surface area contributed by atoms with Crippen molar-refractivity contribution in [2.45, 2.75) is 25.7 Å². The van der Waals surface area contributed by atoms with E-state index in [4.69, 9.17) is 25.8 Å². The summed E-state index contributed by atoms with van der Waals surface area (Å²) in [5.74, 6) is 1.25. The van der Waals surface area contributed by atoms with Crippen LogP contribution in [0.2, 0.25) is 0 Å². The molecule has 0 saturated heterocycles. The normalized spacial score (nSPS) is 14.0. The van der Waals surface area contributed by atoms with Crippen LogP contribution >= 0.6 is 22.9 Å². The number of carbonyl (C=O) groups excluding carboxylic acids is 2. The van der Waals surface area contributed by atoms with Gasteiger partial charge in [-0.2, -0.15) is 0 Å². The fourth-order valence-electron chi connectivity index (χ4n) is 4.58. The van der Waals surface area contributed by atoms with Gasteiger partial charge in [0.1, 0.15) is 18.1 Å². The molecule has 1 aliphatic rings. The van der Waals surface area contributed by atoms with Crippen molar-refractivity contribution >= 4 is 62.6 Å². The number of alkyl carbamates (subject to hydrolysis) is 1. The number of amidine groups is 1. The Morgan fingerprint density at radius 2 is 1.77 bits per heavy atom. The summed E-state index contributed by atoms with van der Waals surface area (Å²) in [6.07, 6.45) is 5.75. The standard InChI is InChI=1S/C33H41ClN4O5S/c1-37(16-19-43-33(40)35-15-18-42-21-20-41-17-9-4-3-8-14-34)27-13-12-26-22-28(44-30(26)23-27)24-29-32(39)38(2)31(36-29)25-10-6-5-7-11-25/h5-7,10-13,22-24H,3-4,8-9,14-21H2,1-2H3,(H,35,40)/b29-24-. The summed E-state index contributed by atoms with van der Waals surface area (Å²) in [5, 5.41) is 3.80. The highest BCUT2D eigenvalue weighted by Gasteiger charge is 2.27. The smallest absolute Gasteiger partial charge is 0.407 e. The van der Waals surface area contributed by atoms with E-state index in [1.165, 1.54) is 0 Å². The molecule has 4 rings (SSSR count). The fourth-order valence-corrected chi connectivity index (χ4v) is 5.81. The molecule has 0 bridgehead atoms. The molecule has 0 aliphatic carbocycles. The van der Waals surface area contributed by atoms with Gasteiger partial charge in [0, 0.05) is 54.0 Å². The highest BCUT2D eigenvalue weighted by molar-refractivity contribution is 7.19. The molecule has 44 heavy (non-hydrogen) atoms. The number of nitrogens with one attached hydrogen (secondary N) is 1. The number of halogens is 1. The number of hydrogen-bond donors (Lipinski definition) is 1. The van der Waals surface area contributed by atoms with Gasteiger partial charge in [0.2, 0.25) is 0 Å². The molecular formula is C33H41ClN4O5S. The molecule has 9 nitrogen and oxygen atoms in total. The van der Waals surface area contributed by atoms with Gasteiger partial charge in [0.05, 0.1) is 26.4 Å². The van der Waals surface area contributed by atoms with Gasteiger partial charge in [-0.15, -0.1) is 22.9 Å². The minimum absolute atomic E-state index is 0.122. The highest BCUT2D eigenvalue weighted by Crippen LogP contribution is 2.32. The summed E-state index contributed by atoms with van der Waals surface area (Å²) >= 11 is 7.27. The molecular weight excluding hydrogens is 600 g/mol. The van der Waals surface area contributed by atoms with Gasteiger partial charge >= 0.3 is 6.09 Å². The minimum Gasteiger partial charge on any atom is -0.448 e. The van der Waals surface area contributed by atoms with Crippen molar-refractivity contribution in [1.82, 2.24) is 10.2 Å². The third kappa shape index (κ3) is 10.1. The number of benzene rings is 2. The van der Waals surface area contributed by atoms with E-state index in [2.05, 4.69) is 28.5 Å². The molecule has 0 unspecified atom stereocenters. The summed E-state index contributed by atoms with van der Waals surface area (Å²) in [5.41, 5.74) is 2.34. The Morgan fingerprint density at radius 1 is 1.00 bits per heavy atom. The predicted octanol–water partition coefficient (Wildman–Crippen LogP) is 6.16. The third-order valence-electron chi connectivity index (χ3n) is 7.06. The zero-order valence-corrected chi connectivity index (χ0v) is 27.0. The van der Waals surface area contributed by atoms with E-state index < -0.39 is 6.09 Å². The van der Waals surface area contributed by atoms with Crippen LogP contribution in [0.5, 0.6) is 0 Å². The summed E-state index contributed by atoms with van der Waals surface area (Å²) in [6, 6.07) is 18.0. The van der Waals surface area contributed by atoms with Crippen LogP contribution in [-0.4, -0.2) is 88.8 Å². The summed E-state index contributed by atoms with van der Waals surface area (Å²) in [7, 11) is 3.71. The number of thiophene rings is 1. The predicted molar refractivity (Wildman–Crippen MR) is 179 cm³/mol. The van der Waals surface area contributed by atoms with E-state index in [0.29, 0.717) is 44.4 Å². The summed E-state index contributed by atoms with van der Waals surface area (Å²) in [4.78, 5) is 34.1. The van der Waals surface area contributed by atoms with Crippen molar-refractivity contribution in [3.05, 3.63) is 70.7 Å². The van der Waals surface area contributed by atoms with Gasteiger partial charge in [-0.3, -0.25) is 9.69 Å². The number of ether oxygens (including phenoxy) is 3. The maximum Gasteiger partial charge on any atom is 0.407 e. The molecule has 1 N–H and O–H groups in total. The van der Waals surface area contributed by atoms with Crippen molar-refractivity contribution in [2.24, 2.45) is 4.99 Å². The molecule has 0 fully saturated rings. The number of fused-ring (bicyclic) bond motifs is 1. The second-order valence-corrected chi connectivity index (χ2v) is 11.9. The molecule has 0 atom stereocenters. The second kappa shape index (κ2) is 17.8. The molecule has 236 valence electrons. The maximum atomic E-state index is 12.9. The second-order valence-electron chi connectivity index (χ2n) is 10.4. The van der Waals surface area contributed by atoms with E-state index in [9.17, 15) is 9.59 Å². The van der Waals surface area contributed by atoms with Crippen LogP contribution in [0.4, 0.5) is 10.5 Å². The highest BCUT2D eigenvalue weighted by atomic mass is 35.5. The first-order valence-corrected chi connectivity index (χ1v) is 16.3. The number of amides is 2. The Kier molecular flexibility index (Phi) is 13.5. The first-order valence-electron chi connectivity index (χ1n) is 15.0. The van der Waals surface area contributed by atoms with Crippen molar-refractivity contribution < 1.29 is 23.8 Å². The van der Waals surface area contributed by atoms with Crippen LogP contribution in [-0.2, 0) is 19.0 Å². The van der Waals surface area contributed by atoms with Gasteiger partial charge in [-0.25, -0.2) is 9.79 Å². The largest absolute Gasteiger partial charge is 0.448 e. The van der Waals surface area contributed by atoms with Gasteiger partial charge < -0.3 is 24.4 Å². The molecule has 2 amide bonds. The molecule has 0 saturated carbocycles. The number of hydrogen-bond acceptors (Lipinski definition) is 8. The lowest BCUT2D eigenvalue weighted by Gasteiger charge is -2.19. The van der Waals surface area contributed by atoms with Crippen molar-refractivity contribution in [3.63, 3.8) is 0 Å². The number of anilines is 1. The lowest BCUT2D eigenvalue weighted by molar-refractivity contribution is -0.121. The molecule has 0 spiro atoms. The van der Waals surface area contributed by atoms with E-state index >= 15 is 0 Å². The quantitative estimate of drug-likeness (QED) is 0.102. The number of alkyl halides is 1. The van der Waals surface area contributed by atoms with Crippen molar-refractivity contribution in [2.75, 3.05) is 71.0 Å². The Labute approximate surface area is 268 Å². The molecule has 1 aromatic heterocycles. The number of nitrogens with zero attached hydrogens (tertiary/aromatic N) is 3. The SMILES string of the molecule is CN1C(=O)/C(=C/c2cc3ccc(N(C)CCOC(=O)NCCOCCOCCCCCCCl)cc3s2)N=C1c1ccccc1. The molecule has 2 aromatic carbocycles. The summed E-state index contributed by atoms with van der Waals surface area (Å²) < 4.78 is 17.4. The fraction of sp³-hybridized carbons (Fsp3) is 0.424. The monoisotopic (exact) mass is 640 g/mol. The number of rotatable bonds is 18. The average Bonchev–Trinajstić information content (AvgIpc) is 3.57. The first-order chi connectivity index (χ1) is 21.5. The number of unbranched alkanes of at least 4 members (excludes halogenated alkanes) is 3. The Morgan fingerprint density at radius 3 is 2.57 bits per heavy atom. The number of carbonyl (C=O) groups is 2. The molecule has 3 aromatic rings.